The van der Waals surface area contributed by atoms with E-state index in [-0.39, 0.29) is 16.8 Å². The SMILES string of the molecule is COCCNC(=O)c1ccc(NC(=O)c2ccc(C(C)C)cc2)cc1Cl. The van der Waals surface area contributed by atoms with Crippen LogP contribution in [0.15, 0.2) is 42.5 Å². The fourth-order valence-corrected chi connectivity index (χ4v) is 2.63. The van der Waals surface area contributed by atoms with Gasteiger partial charge in [0, 0.05) is 24.9 Å². The molecule has 0 saturated heterocycles. The van der Waals surface area contributed by atoms with E-state index < -0.39 is 0 Å². The fraction of sp³-hybridized carbons (Fsp3) is 0.300. The second-order valence-electron chi connectivity index (χ2n) is 6.17. The quantitative estimate of drug-likeness (QED) is 0.717. The third kappa shape index (κ3) is 5.31. The average Bonchev–Trinajstić information content (AvgIpc) is 2.62. The molecule has 2 aromatic carbocycles. The highest BCUT2D eigenvalue weighted by atomic mass is 35.5. The van der Waals surface area contributed by atoms with Crippen LogP contribution in [0.5, 0.6) is 0 Å². The second-order valence-corrected chi connectivity index (χ2v) is 6.58. The van der Waals surface area contributed by atoms with E-state index in [1.807, 2.05) is 12.1 Å². The smallest absolute Gasteiger partial charge is 0.255 e. The average molecular weight is 375 g/mol. The number of carbonyl (C=O) groups excluding carboxylic acids is 2. The number of amides is 2. The van der Waals surface area contributed by atoms with Crippen molar-refractivity contribution in [2.45, 2.75) is 19.8 Å². The highest BCUT2D eigenvalue weighted by molar-refractivity contribution is 6.34. The third-order valence-electron chi connectivity index (χ3n) is 3.90. The summed E-state index contributed by atoms with van der Waals surface area (Å²) < 4.78 is 4.89. The van der Waals surface area contributed by atoms with Crippen LogP contribution in [-0.2, 0) is 4.74 Å². The summed E-state index contributed by atoms with van der Waals surface area (Å²) in [6.07, 6.45) is 0. The molecule has 2 rings (SSSR count). The molecular weight excluding hydrogens is 352 g/mol. The van der Waals surface area contributed by atoms with E-state index in [9.17, 15) is 9.59 Å². The van der Waals surface area contributed by atoms with Crippen molar-refractivity contribution in [2.24, 2.45) is 0 Å². The van der Waals surface area contributed by atoms with Crippen molar-refractivity contribution in [3.05, 3.63) is 64.2 Å². The molecule has 6 heteroatoms. The summed E-state index contributed by atoms with van der Waals surface area (Å²) in [5.74, 6) is -0.101. The monoisotopic (exact) mass is 374 g/mol. The van der Waals surface area contributed by atoms with E-state index in [4.69, 9.17) is 16.3 Å². The van der Waals surface area contributed by atoms with Crippen LogP contribution in [0.3, 0.4) is 0 Å². The Kier molecular flexibility index (Phi) is 7.18. The number of anilines is 1. The Labute approximate surface area is 158 Å². The Morgan fingerprint density at radius 1 is 1.08 bits per heavy atom. The van der Waals surface area contributed by atoms with Gasteiger partial charge >= 0.3 is 0 Å². The molecule has 0 saturated carbocycles. The third-order valence-corrected chi connectivity index (χ3v) is 4.22. The summed E-state index contributed by atoms with van der Waals surface area (Å²) in [5, 5.41) is 5.77. The molecule has 0 heterocycles. The highest BCUT2D eigenvalue weighted by Gasteiger charge is 2.12. The van der Waals surface area contributed by atoms with Crippen LogP contribution in [0.2, 0.25) is 5.02 Å². The molecule has 0 unspecified atom stereocenters. The van der Waals surface area contributed by atoms with Crippen molar-refractivity contribution in [1.29, 1.82) is 0 Å². The summed E-state index contributed by atoms with van der Waals surface area (Å²) in [5.41, 5.74) is 2.61. The topological polar surface area (TPSA) is 67.4 Å². The predicted octanol–water partition coefficient (Wildman–Crippen LogP) is 4.09. The number of hydrogen-bond acceptors (Lipinski definition) is 3. The Balaban J connectivity index is 2.04. The Hall–Kier alpha value is -2.37. The fourth-order valence-electron chi connectivity index (χ4n) is 2.36. The molecule has 0 aliphatic heterocycles. The number of halogens is 1. The van der Waals surface area contributed by atoms with Crippen LogP contribution in [0.25, 0.3) is 0 Å². The van der Waals surface area contributed by atoms with E-state index in [1.54, 1.807) is 37.4 Å². The van der Waals surface area contributed by atoms with Crippen molar-refractivity contribution < 1.29 is 14.3 Å². The zero-order valence-corrected chi connectivity index (χ0v) is 15.9. The van der Waals surface area contributed by atoms with Gasteiger partial charge in [-0.25, -0.2) is 0 Å². The molecule has 0 radical (unpaired) electrons. The van der Waals surface area contributed by atoms with Crippen molar-refractivity contribution >= 4 is 29.1 Å². The van der Waals surface area contributed by atoms with E-state index in [2.05, 4.69) is 24.5 Å². The van der Waals surface area contributed by atoms with Gasteiger partial charge in [0.1, 0.15) is 0 Å². The first kappa shape index (κ1) is 19.9. The molecule has 0 bridgehead atoms. The first-order chi connectivity index (χ1) is 12.4. The van der Waals surface area contributed by atoms with E-state index in [0.29, 0.717) is 35.9 Å². The lowest BCUT2D eigenvalue weighted by Gasteiger charge is -2.10. The van der Waals surface area contributed by atoms with Gasteiger partial charge in [-0.2, -0.15) is 0 Å². The minimum atomic E-state index is -0.283. The zero-order valence-electron chi connectivity index (χ0n) is 15.1. The van der Waals surface area contributed by atoms with E-state index in [1.165, 1.54) is 5.56 Å². The van der Waals surface area contributed by atoms with Gasteiger partial charge < -0.3 is 15.4 Å². The summed E-state index contributed by atoms with van der Waals surface area (Å²) >= 11 is 6.18. The number of ether oxygens (including phenoxy) is 1. The maximum absolute atomic E-state index is 12.4. The van der Waals surface area contributed by atoms with E-state index in [0.717, 1.165) is 0 Å². The summed E-state index contributed by atoms with van der Waals surface area (Å²) in [6.45, 7) is 5.03. The van der Waals surface area contributed by atoms with Crippen molar-refractivity contribution in [3.63, 3.8) is 0 Å². The molecular formula is C20H23ClN2O3. The molecule has 2 amide bonds. The zero-order chi connectivity index (χ0) is 19.1. The van der Waals surface area contributed by atoms with Gasteiger partial charge in [0.05, 0.1) is 17.2 Å². The van der Waals surface area contributed by atoms with E-state index >= 15 is 0 Å². The van der Waals surface area contributed by atoms with Gasteiger partial charge in [0.2, 0.25) is 0 Å². The van der Waals surface area contributed by atoms with Crippen LogP contribution in [0.4, 0.5) is 5.69 Å². The number of hydrogen-bond donors (Lipinski definition) is 2. The maximum Gasteiger partial charge on any atom is 0.255 e. The number of carbonyl (C=O) groups is 2. The lowest BCUT2D eigenvalue weighted by atomic mass is 10.0. The molecule has 0 aliphatic carbocycles. The van der Waals surface area contributed by atoms with Gasteiger partial charge in [-0.05, 0) is 41.8 Å². The summed E-state index contributed by atoms with van der Waals surface area (Å²) in [6, 6.07) is 12.3. The number of nitrogens with one attached hydrogen (secondary N) is 2. The van der Waals surface area contributed by atoms with Crippen LogP contribution < -0.4 is 10.6 Å². The highest BCUT2D eigenvalue weighted by Crippen LogP contribution is 2.22. The maximum atomic E-state index is 12.4. The molecule has 26 heavy (non-hydrogen) atoms. The standard InChI is InChI=1S/C20H23ClN2O3/c1-13(2)14-4-6-15(7-5-14)19(24)23-16-8-9-17(18(21)12-16)20(25)22-10-11-26-3/h4-9,12-13H,10-11H2,1-3H3,(H,22,25)(H,23,24). The molecule has 2 N–H and O–H groups in total. The minimum Gasteiger partial charge on any atom is -0.383 e. The predicted molar refractivity (Wildman–Crippen MR) is 104 cm³/mol. The van der Waals surface area contributed by atoms with Gasteiger partial charge in [-0.15, -0.1) is 0 Å². The van der Waals surface area contributed by atoms with Crippen molar-refractivity contribution in [3.8, 4) is 0 Å². The lowest BCUT2D eigenvalue weighted by molar-refractivity contribution is 0.0937. The Bertz CT molecular complexity index is 773. The summed E-state index contributed by atoms with van der Waals surface area (Å²) in [4.78, 5) is 24.4. The van der Waals surface area contributed by atoms with Crippen LogP contribution in [0.1, 0.15) is 46.0 Å². The second kappa shape index (κ2) is 9.36. The molecule has 0 spiro atoms. The largest absolute Gasteiger partial charge is 0.383 e. The first-order valence-corrected chi connectivity index (χ1v) is 8.78. The molecule has 2 aromatic rings. The molecule has 0 aromatic heterocycles. The van der Waals surface area contributed by atoms with Gasteiger partial charge in [-0.1, -0.05) is 37.6 Å². The van der Waals surface area contributed by atoms with Crippen LogP contribution in [-0.4, -0.2) is 32.1 Å². The normalized spacial score (nSPS) is 10.7. The van der Waals surface area contributed by atoms with Gasteiger partial charge in [-0.3, -0.25) is 9.59 Å². The first-order valence-electron chi connectivity index (χ1n) is 8.40. The Morgan fingerprint density at radius 2 is 1.77 bits per heavy atom. The van der Waals surface area contributed by atoms with Crippen LogP contribution >= 0.6 is 11.6 Å². The van der Waals surface area contributed by atoms with Crippen LogP contribution in [0, 0.1) is 0 Å². The molecule has 0 aliphatic rings. The minimum absolute atomic E-state index is 0.228. The number of benzene rings is 2. The van der Waals surface area contributed by atoms with Gasteiger partial charge in [0.25, 0.3) is 11.8 Å². The molecule has 5 nitrogen and oxygen atoms in total. The number of methoxy groups -OCH3 is 1. The molecule has 0 atom stereocenters. The summed E-state index contributed by atoms with van der Waals surface area (Å²) in [7, 11) is 1.56. The lowest BCUT2D eigenvalue weighted by Crippen LogP contribution is -2.27. The van der Waals surface area contributed by atoms with Crippen molar-refractivity contribution in [2.75, 3.05) is 25.6 Å². The molecule has 138 valence electrons. The Morgan fingerprint density at radius 3 is 2.35 bits per heavy atom. The van der Waals surface area contributed by atoms with Crippen molar-refractivity contribution in [1.82, 2.24) is 5.32 Å². The molecule has 0 fully saturated rings. The van der Waals surface area contributed by atoms with Gasteiger partial charge in [0.15, 0.2) is 0 Å². The number of rotatable bonds is 7.